The summed E-state index contributed by atoms with van der Waals surface area (Å²) in [5, 5.41) is 2.56. The van der Waals surface area contributed by atoms with Gasteiger partial charge in [-0.25, -0.2) is 0 Å². The number of para-hydroxylation sites is 2. The third kappa shape index (κ3) is 5.30. The van der Waals surface area contributed by atoms with Crippen molar-refractivity contribution >= 4 is 38.9 Å². The molecule has 2 aliphatic rings. The molecule has 2 fully saturated rings. The highest BCUT2D eigenvalue weighted by Crippen LogP contribution is 2.41. The summed E-state index contributed by atoms with van der Waals surface area (Å²) in [6.45, 7) is 0. The van der Waals surface area contributed by atoms with Crippen molar-refractivity contribution in [1.82, 2.24) is 4.57 Å². The Morgan fingerprint density at radius 3 is 1.48 bits per heavy atom. The lowest BCUT2D eigenvalue weighted by Gasteiger charge is -2.27. The first-order chi connectivity index (χ1) is 23.8. The quantitative estimate of drug-likeness (QED) is 0.172. The van der Waals surface area contributed by atoms with Crippen LogP contribution in [-0.2, 0) is 0 Å². The van der Waals surface area contributed by atoms with Gasteiger partial charge in [0.2, 0.25) is 0 Å². The Hall–Kier alpha value is -5.08. The second-order valence-corrected chi connectivity index (χ2v) is 13.9. The molecule has 2 aliphatic carbocycles. The molecule has 0 unspecified atom stereocenters. The molecule has 0 N–H and O–H groups in total. The smallest absolute Gasteiger partial charge is 0.0541 e. The van der Waals surface area contributed by atoms with Gasteiger partial charge in [0.25, 0.3) is 0 Å². The molecule has 2 heteroatoms. The van der Waals surface area contributed by atoms with Crippen LogP contribution in [0.4, 0.5) is 17.1 Å². The predicted octanol–water partition coefficient (Wildman–Crippen LogP) is 13.2. The molecule has 0 bridgehead atoms. The van der Waals surface area contributed by atoms with Gasteiger partial charge in [-0.15, -0.1) is 0 Å². The van der Waals surface area contributed by atoms with Crippen molar-refractivity contribution in [2.75, 3.05) is 4.90 Å². The third-order valence-corrected chi connectivity index (χ3v) is 11.1. The van der Waals surface area contributed by atoms with E-state index in [1.54, 1.807) is 0 Å². The van der Waals surface area contributed by atoms with Gasteiger partial charge in [0.15, 0.2) is 0 Å². The molecule has 2 saturated carbocycles. The molecule has 7 aromatic rings. The first kappa shape index (κ1) is 29.1. The van der Waals surface area contributed by atoms with Crippen LogP contribution in [0.1, 0.15) is 74.3 Å². The molecular weight excluding hydrogens is 581 g/mol. The normalized spacial score (nSPS) is 15.5. The summed E-state index contributed by atoms with van der Waals surface area (Å²) in [4.78, 5) is 2.43. The van der Waals surface area contributed by atoms with Crippen LogP contribution in [-0.4, -0.2) is 4.57 Å². The molecule has 0 saturated heterocycles. The monoisotopic (exact) mass is 622 g/mol. The van der Waals surface area contributed by atoms with Crippen molar-refractivity contribution in [3.8, 4) is 16.8 Å². The van der Waals surface area contributed by atoms with Crippen LogP contribution in [0.2, 0.25) is 0 Å². The number of nitrogens with zero attached hydrogens (tertiary/aromatic N) is 2. The highest BCUT2D eigenvalue weighted by molar-refractivity contribution is 6.10. The van der Waals surface area contributed by atoms with Crippen molar-refractivity contribution in [3.63, 3.8) is 0 Å². The maximum atomic E-state index is 2.43. The maximum Gasteiger partial charge on any atom is 0.0541 e. The van der Waals surface area contributed by atoms with E-state index in [0.29, 0.717) is 0 Å². The summed E-state index contributed by atoms with van der Waals surface area (Å²) in [6, 6.07) is 54.4. The number of aromatic nitrogens is 1. The van der Waals surface area contributed by atoms with Crippen LogP contribution in [0, 0.1) is 0 Å². The fourth-order valence-corrected chi connectivity index (χ4v) is 8.57. The molecule has 0 amide bonds. The zero-order valence-electron chi connectivity index (χ0n) is 27.6. The number of fused-ring (bicyclic) bond motifs is 3. The van der Waals surface area contributed by atoms with Crippen LogP contribution in [0.3, 0.4) is 0 Å². The van der Waals surface area contributed by atoms with Crippen LogP contribution in [0.5, 0.6) is 0 Å². The van der Waals surface area contributed by atoms with Gasteiger partial charge in [0.1, 0.15) is 0 Å². The lowest BCUT2D eigenvalue weighted by molar-refractivity contribution is 0.723. The SMILES string of the molecule is c1ccc(-n2c3ccccc3c3cc(-c4ccc(N(c5ccc(C6CCCC6)cc5)c5ccc(C6CCCC6)cc5)cc4)ccc32)cc1. The topological polar surface area (TPSA) is 8.17 Å². The van der Waals surface area contributed by atoms with Gasteiger partial charge in [-0.2, -0.15) is 0 Å². The van der Waals surface area contributed by atoms with E-state index >= 15 is 0 Å². The van der Waals surface area contributed by atoms with E-state index in [9.17, 15) is 0 Å². The van der Waals surface area contributed by atoms with Gasteiger partial charge >= 0.3 is 0 Å². The standard InChI is InChI=1S/C46H42N2/c1-2-14-39(15-3-1)48-45-17-9-8-16-43(45)44-32-38(24-31-46(44)48)37-22-29-42(30-23-37)47(40-25-18-35(19-26-40)33-10-4-5-11-33)41-27-20-36(21-28-41)34-12-6-7-13-34/h1-3,8-9,14-34H,4-7,10-13H2. The first-order valence-electron chi connectivity index (χ1n) is 18.0. The number of hydrogen-bond acceptors (Lipinski definition) is 1. The minimum atomic E-state index is 0.719. The number of benzene rings is 6. The Balaban J connectivity index is 1.08. The molecule has 1 heterocycles. The number of rotatable bonds is 7. The van der Waals surface area contributed by atoms with Gasteiger partial charge in [-0.3, -0.25) is 0 Å². The van der Waals surface area contributed by atoms with E-state index in [1.165, 1.54) is 118 Å². The minimum Gasteiger partial charge on any atom is -0.311 e. The number of anilines is 3. The average molecular weight is 623 g/mol. The summed E-state index contributed by atoms with van der Waals surface area (Å²) in [5.41, 5.74) is 12.7. The first-order valence-corrected chi connectivity index (χ1v) is 18.0. The summed E-state index contributed by atoms with van der Waals surface area (Å²) >= 11 is 0. The molecule has 0 spiro atoms. The van der Waals surface area contributed by atoms with E-state index in [-0.39, 0.29) is 0 Å². The molecule has 2 nitrogen and oxygen atoms in total. The van der Waals surface area contributed by atoms with E-state index in [2.05, 4.69) is 155 Å². The molecule has 6 aromatic carbocycles. The maximum absolute atomic E-state index is 2.43. The summed E-state index contributed by atoms with van der Waals surface area (Å²) in [6.07, 6.45) is 10.7. The molecule has 0 radical (unpaired) electrons. The summed E-state index contributed by atoms with van der Waals surface area (Å²) in [5.74, 6) is 1.44. The lowest BCUT2D eigenvalue weighted by Crippen LogP contribution is -2.10. The minimum absolute atomic E-state index is 0.719. The Morgan fingerprint density at radius 2 is 0.896 bits per heavy atom. The van der Waals surface area contributed by atoms with Crippen molar-refractivity contribution in [1.29, 1.82) is 0 Å². The van der Waals surface area contributed by atoms with Crippen molar-refractivity contribution in [3.05, 3.63) is 157 Å². The van der Waals surface area contributed by atoms with E-state index < -0.39 is 0 Å². The van der Waals surface area contributed by atoms with Crippen LogP contribution in [0.15, 0.2) is 146 Å². The second kappa shape index (κ2) is 12.5. The van der Waals surface area contributed by atoms with Gasteiger partial charge in [0.05, 0.1) is 11.0 Å². The molecule has 0 atom stereocenters. The van der Waals surface area contributed by atoms with Gasteiger partial charge in [-0.05, 0) is 127 Å². The Kier molecular flexibility index (Phi) is 7.58. The van der Waals surface area contributed by atoms with E-state index in [0.717, 1.165) is 11.8 Å². The number of hydrogen-bond donors (Lipinski definition) is 0. The highest BCUT2D eigenvalue weighted by Gasteiger charge is 2.20. The van der Waals surface area contributed by atoms with Crippen LogP contribution < -0.4 is 4.90 Å². The van der Waals surface area contributed by atoms with Crippen LogP contribution in [0.25, 0.3) is 38.6 Å². The zero-order chi connectivity index (χ0) is 31.9. The highest BCUT2D eigenvalue weighted by atomic mass is 15.1. The van der Waals surface area contributed by atoms with Crippen molar-refractivity contribution in [2.45, 2.75) is 63.2 Å². The Morgan fingerprint density at radius 1 is 0.417 bits per heavy atom. The molecule has 1 aromatic heterocycles. The van der Waals surface area contributed by atoms with Gasteiger partial charge in [-0.1, -0.05) is 105 Å². The van der Waals surface area contributed by atoms with Crippen molar-refractivity contribution in [2.24, 2.45) is 0 Å². The summed E-state index contributed by atoms with van der Waals surface area (Å²) < 4.78 is 2.38. The Bertz CT molecular complexity index is 2100. The molecule has 9 rings (SSSR count). The lowest BCUT2D eigenvalue weighted by atomic mass is 9.96. The third-order valence-electron chi connectivity index (χ3n) is 11.1. The van der Waals surface area contributed by atoms with E-state index in [4.69, 9.17) is 0 Å². The fourth-order valence-electron chi connectivity index (χ4n) is 8.57. The summed E-state index contributed by atoms with van der Waals surface area (Å²) in [7, 11) is 0. The molecule has 48 heavy (non-hydrogen) atoms. The van der Waals surface area contributed by atoms with Crippen molar-refractivity contribution < 1.29 is 0 Å². The molecule has 0 aliphatic heterocycles. The van der Waals surface area contributed by atoms with Crippen LogP contribution >= 0.6 is 0 Å². The Labute approximate surface area is 284 Å². The molecular formula is C46H42N2. The zero-order valence-corrected chi connectivity index (χ0v) is 27.6. The van der Waals surface area contributed by atoms with E-state index in [1.807, 2.05) is 0 Å². The fraction of sp³-hybridized carbons (Fsp3) is 0.217. The molecule has 236 valence electrons. The predicted molar refractivity (Wildman–Crippen MR) is 203 cm³/mol. The second-order valence-electron chi connectivity index (χ2n) is 13.9. The average Bonchev–Trinajstić information content (AvgIpc) is 3.95. The van der Waals surface area contributed by atoms with Gasteiger partial charge < -0.3 is 9.47 Å². The van der Waals surface area contributed by atoms with Gasteiger partial charge in [0, 0.05) is 33.5 Å². The largest absolute Gasteiger partial charge is 0.311 e.